The zero-order valence-corrected chi connectivity index (χ0v) is 9.39. The predicted octanol–water partition coefficient (Wildman–Crippen LogP) is 0.948. The molecule has 1 aromatic rings. The van der Waals surface area contributed by atoms with Crippen molar-refractivity contribution in [2.45, 2.75) is 12.5 Å². The number of hydrogen-bond acceptors (Lipinski definition) is 5. The second-order valence-electron chi connectivity index (χ2n) is 2.43. The molecule has 1 rings (SSSR count). The van der Waals surface area contributed by atoms with Gasteiger partial charge < -0.3 is 10.5 Å². The molecule has 1 aromatic heterocycles. The lowest BCUT2D eigenvalue weighted by Gasteiger charge is -2.06. The van der Waals surface area contributed by atoms with Gasteiger partial charge in [-0.3, -0.25) is 4.79 Å². The van der Waals surface area contributed by atoms with E-state index in [0.29, 0.717) is 6.42 Å². The van der Waals surface area contributed by atoms with Crippen molar-refractivity contribution >= 4 is 33.4 Å². The van der Waals surface area contributed by atoms with Crippen molar-refractivity contribution in [3.8, 4) is 0 Å². The van der Waals surface area contributed by atoms with E-state index in [4.69, 9.17) is 5.73 Å². The number of nitrogens with two attached hydrogens (primary N) is 1. The van der Waals surface area contributed by atoms with Gasteiger partial charge in [0.25, 0.3) is 0 Å². The molecule has 6 heteroatoms. The molecule has 0 bridgehead atoms. The van der Waals surface area contributed by atoms with Crippen molar-refractivity contribution in [2.24, 2.45) is 5.73 Å². The van der Waals surface area contributed by atoms with Crippen molar-refractivity contribution in [1.29, 1.82) is 0 Å². The molecule has 0 aromatic carbocycles. The molecule has 72 valence electrons. The predicted molar refractivity (Wildman–Crippen MR) is 53.5 cm³/mol. The molecule has 0 saturated heterocycles. The molecule has 0 spiro atoms. The van der Waals surface area contributed by atoms with Crippen LogP contribution in [0.2, 0.25) is 0 Å². The van der Waals surface area contributed by atoms with Crippen molar-refractivity contribution in [3.05, 3.63) is 15.5 Å². The summed E-state index contributed by atoms with van der Waals surface area (Å²) in [7, 11) is 1.32. The van der Waals surface area contributed by atoms with E-state index < -0.39 is 12.0 Å². The third kappa shape index (κ3) is 2.75. The zero-order chi connectivity index (χ0) is 9.84. The monoisotopic (exact) mass is 264 g/mol. The van der Waals surface area contributed by atoms with Gasteiger partial charge in [0.05, 0.1) is 17.8 Å². The maximum absolute atomic E-state index is 11.0. The van der Waals surface area contributed by atoms with Crippen LogP contribution in [0.3, 0.4) is 0 Å². The fraction of sp³-hybridized carbons (Fsp3) is 0.429. The molecule has 0 aliphatic rings. The number of ether oxygens (including phenoxy) is 1. The van der Waals surface area contributed by atoms with Crippen LogP contribution in [-0.2, 0) is 16.0 Å². The fourth-order valence-electron chi connectivity index (χ4n) is 0.821. The maximum Gasteiger partial charge on any atom is 0.323 e. The van der Waals surface area contributed by atoms with Gasteiger partial charge in [0.1, 0.15) is 6.04 Å². The number of methoxy groups -OCH3 is 1. The van der Waals surface area contributed by atoms with Gasteiger partial charge in [-0.2, -0.15) is 4.37 Å². The van der Waals surface area contributed by atoms with E-state index in [-0.39, 0.29) is 0 Å². The number of halogens is 1. The maximum atomic E-state index is 11.0. The number of carbonyl (C=O) groups excluding carboxylic acids is 1. The summed E-state index contributed by atoms with van der Waals surface area (Å²) < 4.78 is 9.34. The molecule has 1 heterocycles. The summed E-state index contributed by atoms with van der Waals surface area (Å²) in [4.78, 5) is 11.9. The van der Waals surface area contributed by atoms with Crippen molar-refractivity contribution < 1.29 is 9.53 Å². The van der Waals surface area contributed by atoms with Crippen LogP contribution >= 0.6 is 27.5 Å². The molecule has 0 aliphatic heterocycles. The van der Waals surface area contributed by atoms with Gasteiger partial charge in [-0.25, -0.2) is 0 Å². The number of rotatable bonds is 3. The highest BCUT2D eigenvalue weighted by Crippen LogP contribution is 2.21. The van der Waals surface area contributed by atoms with E-state index >= 15 is 0 Å². The third-order valence-electron chi connectivity index (χ3n) is 1.50. The lowest BCUT2D eigenvalue weighted by molar-refractivity contribution is -0.142. The molecule has 0 saturated carbocycles. The second kappa shape index (κ2) is 4.69. The molecule has 4 nitrogen and oxygen atoms in total. The molecule has 0 amide bonds. The van der Waals surface area contributed by atoms with E-state index in [2.05, 4.69) is 25.0 Å². The van der Waals surface area contributed by atoms with Gasteiger partial charge in [0.2, 0.25) is 0 Å². The van der Waals surface area contributed by atoms with Gasteiger partial charge in [-0.15, -0.1) is 0 Å². The summed E-state index contributed by atoms with van der Waals surface area (Å²) >= 11 is 4.63. The molecule has 0 aliphatic carbocycles. The van der Waals surface area contributed by atoms with Crippen LogP contribution in [0.4, 0.5) is 0 Å². The summed E-state index contributed by atoms with van der Waals surface area (Å²) in [5.41, 5.74) is 5.57. The highest BCUT2D eigenvalue weighted by atomic mass is 79.9. The SMILES string of the molecule is COC(=O)C(N)Cc1sncc1Br. The normalized spacial score (nSPS) is 12.5. The largest absolute Gasteiger partial charge is 0.468 e. The molecule has 1 atom stereocenters. The van der Waals surface area contributed by atoms with E-state index in [1.54, 1.807) is 6.20 Å². The number of aromatic nitrogens is 1. The Kier molecular flexibility index (Phi) is 3.83. The van der Waals surface area contributed by atoms with Crippen LogP contribution in [-0.4, -0.2) is 23.5 Å². The number of carbonyl (C=O) groups is 1. The van der Waals surface area contributed by atoms with Gasteiger partial charge in [-0.1, -0.05) is 0 Å². The van der Waals surface area contributed by atoms with Crippen LogP contribution < -0.4 is 5.73 Å². The Balaban J connectivity index is 2.59. The second-order valence-corrected chi connectivity index (χ2v) is 4.17. The van der Waals surface area contributed by atoms with Gasteiger partial charge in [0.15, 0.2) is 0 Å². The van der Waals surface area contributed by atoms with Gasteiger partial charge in [0, 0.05) is 11.3 Å². The Morgan fingerprint density at radius 2 is 2.62 bits per heavy atom. The molecule has 2 N–H and O–H groups in total. The minimum absolute atomic E-state index is 0.402. The number of esters is 1. The Morgan fingerprint density at radius 3 is 3.08 bits per heavy atom. The van der Waals surface area contributed by atoms with E-state index in [9.17, 15) is 4.79 Å². The lowest BCUT2D eigenvalue weighted by Crippen LogP contribution is -2.33. The van der Waals surface area contributed by atoms with Crippen molar-refractivity contribution in [3.63, 3.8) is 0 Å². The third-order valence-corrected chi connectivity index (χ3v) is 3.27. The quantitative estimate of drug-likeness (QED) is 0.826. The summed E-state index contributed by atoms with van der Waals surface area (Å²) in [6, 6.07) is -0.609. The van der Waals surface area contributed by atoms with Crippen LogP contribution in [0.5, 0.6) is 0 Å². The molecular formula is C7H9BrN2O2S. The number of hydrogen-bond donors (Lipinski definition) is 1. The first-order chi connectivity index (χ1) is 6.15. The first-order valence-electron chi connectivity index (χ1n) is 3.57. The molecular weight excluding hydrogens is 256 g/mol. The van der Waals surface area contributed by atoms with Crippen LogP contribution in [0.1, 0.15) is 4.88 Å². The van der Waals surface area contributed by atoms with Crippen LogP contribution in [0.15, 0.2) is 10.7 Å². The van der Waals surface area contributed by atoms with Gasteiger partial charge in [-0.05, 0) is 27.5 Å². The minimum atomic E-state index is -0.609. The highest BCUT2D eigenvalue weighted by Gasteiger charge is 2.16. The van der Waals surface area contributed by atoms with Crippen molar-refractivity contribution in [2.75, 3.05) is 7.11 Å². The minimum Gasteiger partial charge on any atom is -0.468 e. The summed E-state index contributed by atoms with van der Waals surface area (Å²) in [6.07, 6.45) is 2.14. The Labute approximate surface area is 88.4 Å². The average Bonchev–Trinajstić information content (AvgIpc) is 2.50. The first-order valence-corrected chi connectivity index (χ1v) is 5.14. The smallest absolute Gasteiger partial charge is 0.323 e. The molecule has 0 radical (unpaired) electrons. The Hall–Kier alpha value is -0.460. The van der Waals surface area contributed by atoms with Gasteiger partial charge >= 0.3 is 5.97 Å². The van der Waals surface area contributed by atoms with E-state index in [1.165, 1.54) is 18.6 Å². The van der Waals surface area contributed by atoms with E-state index in [1.807, 2.05) is 0 Å². The van der Waals surface area contributed by atoms with Crippen molar-refractivity contribution in [1.82, 2.24) is 4.37 Å². The zero-order valence-electron chi connectivity index (χ0n) is 6.99. The standard InChI is InChI=1S/C7H9BrN2O2S/c1-12-7(11)5(9)2-6-4(8)3-10-13-6/h3,5H,2,9H2,1H3. The van der Waals surface area contributed by atoms with Crippen LogP contribution in [0.25, 0.3) is 0 Å². The van der Waals surface area contributed by atoms with E-state index in [0.717, 1.165) is 9.35 Å². The summed E-state index contributed by atoms with van der Waals surface area (Å²) in [5, 5.41) is 0. The average molecular weight is 265 g/mol. The fourth-order valence-corrected chi connectivity index (χ4v) is 2.12. The van der Waals surface area contributed by atoms with Crippen LogP contribution in [0, 0.1) is 0 Å². The molecule has 1 unspecified atom stereocenters. The topological polar surface area (TPSA) is 65.2 Å². The summed E-state index contributed by atoms with van der Waals surface area (Å²) in [5.74, 6) is -0.402. The summed E-state index contributed by atoms with van der Waals surface area (Å²) in [6.45, 7) is 0. The molecule has 13 heavy (non-hydrogen) atoms. The Bertz CT molecular complexity index is 302. The lowest BCUT2D eigenvalue weighted by atomic mass is 10.2. The highest BCUT2D eigenvalue weighted by molar-refractivity contribution is 9.10. The Morgan fingerprint density at radius 1 is 1.92 bits per heavy atom. The first kappa shape index (κ1) is 10.6. The molecule has 0 fully saturated rings. The number of nitrogens with zero attached hydrogens (tertiary/aromatic N) is 1.